The summed E-state index contributed by atoms with van der Waals surface area (Å²) in [5.74, 6) is -0.594. The number of carbonyl (C=O) groups is 2. The van der Waals surface area contributed by atoms with E-state index in [-0.39, 0.29) is 18.1 Å². The molecular weight excluding hydrogens is 222 g/mol. The standard InChI is InChI=1S/C11H15N3O3/c1-7-12-5-9(11(16)17)14(7)6-10(15)13(2)8-3-4-8/h5,8H,3-4,6H2,1-2H3,(H,16,17). The topological polar surface area (TPSA) is 75.4 Å². The van der Waals surface area contributed by atoms with Gasteiger partial charge >= 0.3 is 5.97 Å². The molecule has 0 radical (unpaired) electrons. The Balaban J connectivity index is 2.14. The summed E-state index contributed by atoms with van der Waals surface area (Å²) in [4.78, 5) is 28.5. The first-order valence-corrected chi connectivity index (χ1v) is 5.51. The molecule has 1 amide bonds. The monoisotopic (exact) mass is 237 g/mol. The van der Waals surface area contributed by atoms with Gasteiger partial charge in [0.1, 0.15) is 18.1 Å². The van der Waals surface area contributed by atoms with E-state index in [1.807, 2.05) is 0 Å². The molecule has 0 unspecified atom stereocenters. The third-order valence-electron chi connectivity index (χ3n) is 3.06. The van der Waals surface area contributed by atoms with Crippen molar-refractivity contribution in [2.75, 3.05) is 7.05 Å². The lowest BCUT2D eigenvalue weighted by atomic mass is 10.4. The van der Waals surface area contributed by atoms with Crippen LogP contribution in [0.2, 0.25) is 0 Å². The van der Waals surface area contributed by atoms with Gasteiger partial charge in [-0.15, -0.1) is 0 Å². The number of carbonyl (C=O) groups excluding carboxylic acids is 1. The minimum atomic E-state index is -1.06. The van der Waals surface area contributed by atoms with Gasteiger partial charge < -0.3 is 14.6 Å². The molecule has 2 rings (SSSR count). The molecule has 17 heavy (non-hydrogen) atoms. The van der Waals surface area contributed by atoms with Crippen molar-refractivity contribution in [1.82, 2.24) is 14.5 Å². The largest absolute Gasteiger partial charge is 0.477 e. The summed E-state index contributed by atoms with van der Waals surface area (Å²) in [5.41, 5.74) is 0.0556. The molecule has 1 fully saturated rings. The zero-order valence-electron chi connectivity index (χ0n) is 9.88. The van der Waals surface area contributed by atoms with Crippen LogP contribution in [0.3, 0.4) is 0 Å². The van der Waals surface area contributed by atoms with Gasteiger partial charge in [-0.3, -0.25) is 4.79 Å². The fourth-order valence-corrected chi connectivity index (χ4v) is 1.75. The van der Waals surface area contributed by atoms with Crippen LogP contribution in [0.25, 0.3) is 0 Å². The van der Waals surface area contributed by atoms with Crippen LogP contribution in [0.1, 0.15) is 29.2 Å². The maximum Gasteiger partial charge on any atom is 0.354 e. The van der Waals surface area contributed by atoms with Gasteiger partial charge in [0.25, 0.3) is 0 Å². The average Bonchev–Trinajstić information content (AvgIpc) is 3.04. The molecule has 0 bridgehead atoms. The third kappa shape index (κ3) is 2.30. The number of imidazole rings is 1. The van der Waals surface area contributed by atoms with Gasteiger partial charge in [-0.2, -0.15) is 0 Å². The van der Waals surface area contributed by atoms with Gasteiger partial charge in [0.2, 0.25) is 5.91 Å². The van der Waals surface area contributed by atoms with Crippen LogP contribution < -0.4 is 0 Å². The fraction of sp³-hybridized carbons (Fsp3) is 0.545. The molecule has 1 aliphatic rings. The lowest BCUT2D eigenvalue weighted by Gasteiger charge is -2.17. The van der Waals surface area contributed by atoms with E-state index in [4.69, 9.17) is 5.11 Å². The summed E-state index contributed by atoms with van der Waals surface area (Å²) >= 11 is 0. The van der Waals surface area contributed by atoms with Crippen LogP contribution in [0.5, 0.6) is 0 Å². The second kappa shape index (κ2) is 4.20. The molecule has 1 saturated carbocycles. The van der Waals surface area contributed by atoms with E-state index in [2.05, 4.69) is 4.98 Å². The first kappa shape index (κ1) is 11.6. The predicted molar refractivity (Wildman–Crippen MR) is 59.7 cm³/mol. The van der Waals surface area contributed by atoms with E-state index in [0.717, 1.165) is 12.8 Å². The molecule has 6 heteroatoms. The van der Waals surface area contributed by atoms with Crippen molar-refractivity contribution in [1.29, 1.82) is 0 Å². The number of carboxylic acid groups (broad SMARTS) is 1. The van der Waals surface area contributed by atoms with E-state index in [1.165, 1.54) is 10.8 Å². The number of aromatic nitrogens is 2. The maximum absolute atomic E-state index is 11.9. The molecule has 0 spiro atoms. The Morgan fingerprint density at radius 3 is 2.76 bits per heavy atom. The first-order chi connectivity index (χ1) is 8.00. The Kier molecular flexibility index (Phi) is 2.87. The van der Waals surface area contributed by atoms with Crippen LogP contribution in [0.15, 0.2) is 6.20 Å². The summed E-state index contributed by atoms with van der Waals surface area (Å²) in [6, 6.07) is 0.333. The minimum absolute atomic E-state index is 0.0421. The smallest absolute Gasteiger partial charge is 0.354 e. The van der Waals surface area contributed by atoms with E-state index < -0.39 is 5.97 Å². The number of hydrogen-bond acceptors (Lipinski definition) is 3. The van der Waals surface area contributed by atoms with Crippen molar-refractivity contribution in [2.45, 2.75) is 32.4 Å². The van der Waals surface area contributed by atoms with Crippen molar-refractivity contribution in [2.24, 2.45) is 0 Å². The normalized spacial score (nSPS) is 14.7. The quantitative estimate of drug-likeness (QED) is 0.827. The van der Waals surface area contributed by atoms with Gasteiger partial charge in [-0.1, -0.05) is 0 Å². The number of likely N-dealkylation sites (N-methyl/N-ethyl adjacent to an activating group) is 1. The van der Waals surface area contributed by atoms with Crippen molar-refractivity contribution in [3.8, 4) is 0 Å². The van der Waals surface area contributed by atoms with Crippen molar-refractivity contribution < 1.29 is 14.7 Å². The van der Waals surface area contributed by atoms with E-state index >= 15 is 0 Å². The van der Waals surface area contributed by atoms with Crippen LogP contribution >= 0.6 is 0 Å². The number of aromatic carboxylic acids is 1. The highest BCUT2D eigenvalue weighted by Gasteiger charge is 2.30. The van der Waals surface area contributed by atoms with Gasteiger partial charge in [0, 0.05) is 13.1 Å². The zero-order chi connectivity index (χ0) is 12.6. The van der Waals surface area contributed by atoms with Crippen LogP contribution in [0, 0.1) is 6.92 Å². The highest BCUT2D eigenvalue weighted by Crippen LogP contribution is 2.25. The van der Waals surface area contributed by atoms with Crippen molar-refractivity contribution in [3.05, 3.63) is 17.7 Å². The first-order valence-electron chi connectivity index (χ1n) is 5.51. The molecule has 1 N–H and O–H groups in total. The van der Waals surface area contributed by atoms with Crippen molar-refractivity contribution >= 4 is 11.9 Å². The van der Waals surface area contributed by atoms with E-state index in [1.54, 1.807) is 18.9 Å². The van der Waals surface area contributed by atoms with Crippen molar-refractivity contribution in [3.63, 3.8) is 0 Å². The molecule has 0 saturated heterocycles. The van der Waals surface area contributed by atoms with Crippen LogP contribution in [-0.4, -0.2) is 44.5 Å². The Labute approximate surface area is 98.9 Å². The fourth-order valence-electron chi connectivity index (χ4n) is 1.75. The lowest BCUT2D eigenvalue weighted by molar-refractivity contribution is -0.131. The summed E-state index contributed by atoms with van der Waals surface area (Å²) in [7, 11) is 1.76. The SMILES string of the molecule is Cc1ncc(C(=O)O)n1CC(=O)N(C)C1CC1. The number of hydrogen-bond donors (Lipinski definition) is 1. The number of amides is 1. The lowest BCUT2D eigenvalue weighted by Crippen LogP contribution is -2.33. The second-order valence-corrected chi connectivity index (χ2v) is 4.32. The third-order valence-corrected chi connectivity index (χ3v) is 3.06. The number of rotatable bonds is 4. The zero-order valence-corrected chi connectivity index (χ0v) is 9.88. The summed E-state index contributed by atoms with van der Waals surface area (Å²) in [5, 5.41) is 8.97. The molecule has 6 nitrogen and oxygen atoms in total. The molecular formula is C11H15N3O3. The summed E-state index contributed by atoms with van der Waals surface area (Å²) in [6.07, 6.45) is 3.36. The van der Waals surface area contributed by atoms with E-state index in [0.29, 0.717) is 11.9 Å². The summed E-state index contributed by atoms with van der Waals surface area (Å²) < 4.78 is 1.43. The second-order valence-electron chi connectivity index (χ2n) is 4.32. The minimum Gasteiger partial charge on any atom is -0.477 e. The number of aryl methyl sites for hydroxylation is 1. The Hall–Kier alpha value is -1.85. The highest BCUT2D eigenvalue weighted by atomic mass is 16.4. The van der Waals surface area contributed by atoms with E-state index in [9.17, 15) is 9.59 Å². The molecule has 1 aromatic heterocycles. The molecule has 0 atom stereocenters. The van der Waals surface area contributed by atoms with Gasteiger partial charge in [-0.25, -0.2) is 9.78 Å². The molecule has 1 aliphatic carbocycles. The Morgan fingerprint density at radius 2 is 2.24 bits per heavy atom. The number of nitrogens with zero attached hydrogens (tertiary/aromatic N) is 3. The molecule has 0 aliphatic heterocycles. The maximum atomic E-state index is 11.9. The molecule has 1 heterocycles. The van der Waals surface area contributed by atoms with Gasteiger partial charge in [-0.05, 0) is 19.8 Å². The highest BCUT2D eigenvalue weighted by molar-refractivity contribution is 5.86. The van der Waals surface area contributed by atoms with Crippen LogP contribution in [0.4, 0.5) is 0 Å². The Morgan fingerprint density at radius 1 is 1.59 bits per heavy atom. The molecule has 92 valence electrons. The number of carboxylic acids is 1. The van der Waals surface area contributed by atoms with Gasteiger partial charge in [0.05, 0.1) is 6.20 Å². The molecule has 1 aromatic rings. The van der Waals surface area contributed by atoms with Gasteiger partial charge in [0.15, 0.2) is 0 Å². The average molecular weight is 237 g/mol. The molecule has 0 aromatic carbocycles. The predicted octanol–water partition coefficient (Wildman–Crippen LogP) is 0.511. The Bertz CT molecular complexity index is 463. The van der Waals surface area contributed by atoms with Crippen LogP contribution in [-0.2, 0) is 11.3 Å². The summed E-state index contributed by atoms with van der Waals surface area (Å²) in [6.45, 7) is 1.73.